The Hall–Kier alpha value is -1.68. The summed E-state index contributed by atoms with van der Waals surface area (Å²) in [5.41, 5.74) is 7.91. The van der Waals surface area contributed by atoms with E-state index in [9.17, 15) is 4.79 Å². The molecule has 0 radical (unpaired) electrons. The topological polar surface area (TPSA) is 59.2 Å². The van der Waals surface area contributed by atoms with Crippen LogP contribution in [0, 0.1) is 0 Å². The molecule has 0 atom stereocenters. The lowest BCUT2D eigenvalue weighted by Crippen LogP contribution is -2.29. The number of pyridine rings is 1. The number of anilines is 1. The lowest BCUT2D eigenvalue weighted by molar-refractivity contribution is -0.112. The van der Waals surface area contributed by atoms with Crippen LogP contribution in [0.25, 0.3) is 6.08 Å². The van der Waals surface area contributed by atoms with Crippen LogP contribution in [-0.4, -0.2) is 28.8 Å². The zero-order valence-corrected chi connectivity index (χ0v) is 11.4. The van der Waals surface area contributed by atoms with Crippen molar-refractivity contribution in [2.24, 2.45) is 0 Å². The number of nitrogens with zero attached hydrogens (tertiary/aromatic N) is 2. The van der Waals surface area contributed by atoms with E-state index in [0.717, 1.165) is 30.8 Å². The van der Waals surface area contributed by atoms with Gasteiger partial charge in [0.25, 0.3) is 0 Å². The molecule has 0 saturated carbocycles. The van der Waals surface area contributed by atoms with E-state index in [1.807, 2.05) is 6.07 Å². The summed E-state index contributed by atoms with van der Waals surface area (Å²) < 4.78 is 0. The molecule has 4 heteroatoms. The third-order valence-electron chi connectivity index (χ3n) is 3.38. The molecule has 2 N–H and O–H groups in total. The number of nitrogen functional groups attached to an aromatic ring is 1. The second-order valence-electron chi connectivity index (χ2n) is 5.09. The molecule has 0 spiro atoms. The van der Waals surface area contributed by atoms with Crippen molar-refractivity contribution in [3.63, 3.8) is 0 Å². The van der Waals surface area contributed by atoms with E-state index in [4.69, 9.17) is 5.73 Å². The highest BCUT2D eigenvalue weighted by molar-refractivity contribution is 5.91. The molecule has 0 bridgehead atoms. The van der Waals surface area contributed by atoms with Gasteiger partial charge in [0.05, 0.1) is 0 Å². The van der Waals surface area contributed by atoms with Gasteiger partial charge in [-0.1, -0.05) is 6.42 Å². The summed E-state index contributed by atoms with van der Waals surface area (Å²) in [6.45, 7) is 4.65. The number of allylic oxidation sites excluding steroid dienone is 1. The normalized spacial score (nSPS) is 16.9. The number of nitrogens with two attached hydrogens (primary N) is 1. The predicted octanol–water partition coefficient (Wildman–Crippen LogP) is 2.25. The Morgan fingerprint density at radius 2 is 2.16 bits per heavy atom. The number of aromatic nitrogens is 1. The van der Waals surface area contributed by atoms with Crippen molar-refractivity contribution >= 4 is 17.7 Å². The number of likely N-dealkylation sites (tertiary alicyclic amines) is 1. The standard InChI is InChI=1S/C15H21N3O/c1-12(19)5-6-13-9-14(15(16)17-10-13)11-18-7-3-2-4-8-18/h5-6,9-10H,2-4,7-8,11H2,1H3,(H2,16,17)/b6-5+. The highest BCUT2D eigenvalue weighted by Gasteiger charge is 2.12. The summed E-state index contributed by atoms with van der Waals surface area (Å²) in [6, 6.07) is 2.02. The molecule has 0 aliphatic carbocycles. The molecule has 1 aliphatic rings. The molecule has 2 heterocycles. The van der Waals surface area contributed by atoms with Crippen LogP contribution >= 0.6 is 0 Å². The van der Waals surface area contributed by atoms with Gasteiger partial charge in [-0.05, 0) is 56.6 Å². The van der Waals surface area contributed by atoms with Crippen LogP contribution in [-0.2, 0) is 11.3 Å². The zero-order chi connectivity index (χ0) is 13.7. The molecule has 102 valence electrons. The second kappa shape index (κ2) is 6.48. The van der Waals surface area contributed by atoms with Gasteiger partial charge in [0.2, 0.25) is 0 Å². The molecular formula is C15H21N3O. The molecule has 1 fully saturated rings. The average Bonchev–Trinajstić information content (AvgIpc) is 2.41. The fourth-order valence-electron chi connectivity index (χ4n) is 2.33. The van der Waals surface area contributed by atoms with E-state index in [1.54, 1.807) is 18.3 Å². The first-order chi connectivity index (χ1) is 9.15. The summed E-state index contributed by atoms with van der Waals surface area (Å²) in [5, 5.41) is 0. The van der Waals surface area contributed by atoms with Crippen molar-refractivity contribution in [3.8, 4) is 0 Å². The highest BCUT2D eigenvalue weighted by atomic mass is 16.1. The fourth-order valence-corrected chi connectivity index (χ4v) is 2.33. The molecule has 0 aromatic carbocycles. The molecule has 0 amide bonds. The van der Waals surface area contributed by atoms with Crippen molar-refractivity contribution in [1.82, 2.24) is 9.88 Å². The second-order valence-corrected chi connectivity index (χ2v) is 5.09. The molecule has 19 heavy (non-hydrogen) atoms. The number of piperidine rings is 1. The van der Waals surface area contributed by atoms with Crippen LogP contribution in [0.15, 0.2) is 18.3 Å². The monoisotopic (exact) mass is 259 g/mol. The van der Waals surface area contributed by atoms with Crippen LogP contribution in [0.3, 0.4) is 0 Å². The average molecular weight is 259 g/mol. The first-order valence-corrected chi connectivity index (χ1v) is 6.80. The largest absolute Gasteiger partial charge is 0.383 e. The minimum Gasteiger partial charge on any atom is -0.383 e. The maximum absolute atomic E-state index is 10.9. The molecule has 1 aromatic heterocycles. The third kappa shape index (κ3) is 4.17. The van der Waals surface area contributed by atoms with Gasteiger partial charge in [-0.3, -0.25) is 9.69 Å². The Morgan fingerprint density at radius 1 is 1.42 bits per heavy atom. The Balaban J connectivity index is 2.10. The predicted molar refractivity (Wildman–Crippen MR) is 77.5 cm³/mol. The van der Waals surface area contributed by atoms with E-state index in [2.05, 4.69) is 9.88 Å². The fraction of sp³-hybridized carbons (Fsp3) is 0.467. The van der Waals surface area contributed by atoms with Crippen molar-refractivity contribution in [1.29, 1.82) is 0 Å². The van der Waals surface area contributed by atoms with Crippen molar-refractivity contribution in [2.75, 3.05) is 18.8 Å². The molecular weight excluding hydrogens is 238 g/mol. The van der Waals surface area contributed by atoms with Gasteiger partial charge < -0.3 is 5.73 Å². The smallest absolute Gasteiger partial charge is 0.152 e. The number of carbonyl (C=O) groups is 1. The van der Waals surface area contributed by atoms with Crippen LogP contribution in [0.1, 0.15) is 37.3 Å². The number of hydrogen-bond acceptors (Lipinski definition) is 4. The number of carbonyl (C=O) groups excluding carboxylic acids is 1. The van der Waals surface area contributed by atoms with Gasteiger partial charge in [-0.25, -0.2) is 4.98 Å². The number of rotatable bonds is 4. The lowest BCUT2D eigenvalue weighted by atomic mass is 10.1. The van der Waals surface area contributed by atoms with E-state index in [0.29, 0.717) is 5.82 Å². The molecule has 1 aliphatic heterocycles. The SMILES string of the molecule is CC(=O)/C=C/c1cnc(N)c(CN2CCCCC2)c1. The molecule has 1 saturated heterocycles. The maximum Gasteiger partial charge on any atom is 0.152 e. The van der Waals surface area contributed by atoms with Crippen LogP contribution < -0.4 is 5.73 Å². The summed E-state index contributed by atoms with van der Waals surface area (Å²) >= 11 is 0. The van der Waals surface area contributed by atoms with Crippen molar-refractivity contribution < 1.29 is 4.79 Å². The zero-order valence-electron chi connectivity index (χ0n) is 11.4. The maximum atomic E-state index is 10.9. The quantitative estimate of drug-likeness (QED) is 0.843. The van der Waals surface area contributed by atoms with Gasteiger partial charge >= 0.3 is 0 Å². The van der Waals surface area contributed by atoms with Gasteiger partial charge in [0, 0.05) is 18.3 Å². The van der Waals surface area contributed by atoms with Crippen LogP contribution in [0.5, 0.6) is 0 Å². The lowest BCUT2D eigenvalue weighted by Gasteiger charge is -2.26. The minimum absolute atomic E-state index is 0.0365. The minimum atomic E-state index is 0.0365. The summed E-state index contributed by atoms with van der Waals surface area (Å²) in [5.74, 6) is 0.625. The van der Waals surface area contributed by atoms with E-state index >= 15 is 0 Å². The van der Waals surface area contributed by atoms with E-state index in [1.165, 1.54) is 26.2 Å². The molecule has 2 rings (SSSR count). The van der Waals surface area contributed by atoms with Gasteiger partial charge in [0.1, 0.15) is 5.82 Å². The molecule has 1 aromatic rings. The number of ketones is 1. The number of hydrogen-bond donors (Lipinski definition) is 1. The first-order valence-electron chi connectivity index (χ1n) is 6.80. The van der Waals surface area contributed by atoms with E-state index < -0.39 is 0 Å². The Morgan fingerprint density at radius 3 is 2.84 bits per heavy atom. The first kappa shape index (κ1) is 13.7. The Bertz CT molecular complexity index is 476. The molecule has 4 nitrogen and oxygen atoms in total. The third-order valence-corrected chi connectivity index (χ3v) is 3.38. The van der Waals surface area contributed by atoms with Gasteiger partial charge in [-0.2, -0.15) is 0 Å². The summed E-state index contributed by atoms with van der Waals surface area (Å²) in [6.07, 6.45) is 8.89. The van der Waals surface area contributed by atoms with Gasteiger partial charge in [0.15, 0.2) is 5.78 Å². The van der Waals surface area contributed by atoms with E-state index in [-0.39, 0.29) is 5.78 Å². The summed E-state index contributed by atoms with van der Waals surface area (Å²) in [4.78, 5) is 17.6. The summed E-state index contributed by atoms with van der Waals surface area (Å²) in [7, 11) is 0. The van der Waals surface area contributed by atoms with Gasteiger partial charge in [-0.15, -0.1) is 0 Å². The van der Waals surface area contributed by atoms with Crippen LogP contribution in [0.4, 0.5) is 5.82 Å². The van der Waals surface area contributed by atoms with Crippen molar-refractivity contribution in [2.45, 2.75) is 32.7 Å². The van der Waals surface area contributed by atoms with Crippen molar-refractivity contribution in [3.05, 3.63) is 29.5 Å². The highest BCUT2D eigenvalue weighted by Crippen LogP contribution is 2.17. The Kier molecular flexibility index (Phi) is 4.68. The van der Waals surface area contributed by atoms with Crippen LogP contribution in [0.2, 0.25) is 0 Å². The Labute approximate surface area is 114 Å². The molecule has 0 unspecified atom stereocenters.